The molecule has 5 nitrogen and oxygen atoms in total. The highest BCUT2D eigenvalue weighted by molar-refractivity contribution is 14.1. The first-order valence-electron chi connectivity index (χ1n) is 6.93. The normalized spacial score (nSPS) is 11.1. The molecule has 0 atom stereocenters. The maximum Gasteiger partial charge on any atom is 0.307 e. The van der Waals surface area contributed by atoms with Crippen molar-refractivity contribution < 1.29 is 13.9 Å². The van der Waals surface area contributed by atoms with Crippen LogP contribution in [0.15, 0.2) is 56.5 Å². The predicted molar refractivity (Wildman–Crippen MR) is 105 cm³/mol. The van der Waals surface area contributed by atoms with Crippen LogP contribution in [-0.4, -0.2) is 19.2 Å². The Morgan fingerprint density at radius 1 is 1.29 bits per heavy atom. The third kappa shape index (κ3) is 3.78. The van der Waals surface area contributed by atoms with Crippen LogP contribution in [0.4, 0.5) is 0 Å². The van der Waals surface area contributed by atoms with Crippen LogP contribution in [0, 0.1) is 3.57 Å². The molecule has 0 aliphatic rings. The zero-order valence-corrected chi connectivity index (χ0v) is 16.3. The van der Waals surface area contributed by atoms with Gasteiger partial charge in [0.1, 0.15) is 11.3 Å². The van der Waals surface area contributed by atoms with E-state index in [-0.39, 0.29) is 5.76 Å². The second-order valence-electron chi connectivity index (χ2n) is 4.89. The number of carbonyl (C=O) groups excluding carboxylic acids is 1. The molecule has 0 saturated carbocycles. The van der Waals surface area contributed by atoms with Gasteiger partial charge in [-0.05, 0) is 70.6 Å². The molecule has 0 bridgehead atoms. The summed E-state index contributed by atoms with van der Waals surface area (Å²) >= 11 is 5.57. The van der Waals surface area contributed by atoms with Crippen molar-refractivity contribution in [2.75, 3.05) is 7.11 Å². The van der Waals surface area contributed by atoms with Gasteiger partial charge in [-0.3, -0.25) is 4.79 Å². The van der Waals surface area contributed by atoms with E-state index in [1.165, 1.54) is 0 Å². The van der Waals surface area contributed by atoms with Crippen LogP contribution < -0.4 is 10.2 Å². The standard InChI is InChI=1S/C17H12BrIN2O3/c1-23-15-4-2-10(6-13(15)19)9-20-21-17(22)16-8-11-7-12(18)3-5-14(11)24-16/h2-9H,1H3,(H,21,22)/b20-9+. The molecule has 3 aromatic rings. The first-order valence-corrected chi connectivity index (χ1v) is 8.80. The van der Waals surface area contributed by atoms with Crippen LogP contribution in [0.1, 0.15) is 16.1 Å². The maximum absolute atomic E-state index is 12.1. The predicted octanol–water partition coefficient (Wildman–Crippen LogP) is 4.57. The molecule has 0 radical (unpaired) electrons. The number of carbonyl (C=O) groups is 1. The second kappa shape index (κ2) is 7.35. The van der Waals surface area contributed by atoms with Crippen LogP contribution in [-0.2, 0) is 0 Å². The van der Waals surface area contributed by atoms with Gasteiger partial charge in [0.2, 0.25) is 0 Å². The quantitative estimate of drug-likeness (QED) is 0.325. The lowest BCUT2D eigenvalue weighted by Gasteiger charge is -2.03. The van der Waals surface area contributed by atoms with Gasteiger partial charge < -0.3 is 9.15 Å². The van der Waals surface area contributed by atoms with Crippen molar-refractivity contribution in [2.45, 2.75) is 0 Å². The van der Waals surface area contributed by atoms with Crippen molar-refractivity contribution in [3.63, 3.8) is 0 Å². The van der Waals surface area contributed by atoms with E-state index in [1.54, 1.807) is 25.5 Å². The van der Waals surface area contributed by atoms with Crippen molar-refractivity contribution in [1.82, 2.24) is 5.43 Å². The Morgan fingerprint density at radius 2 is 2.12 bits per heavy atom. The summed E-state index contributed by atoms with van der Waals surface area (Å²) in [6.45, 7) is 0. The smallest absolute Gasteiger partial charge is 0.307 e. The van der Waals surface area contributed by atoms with Crippen LogP contribution in [0.25, 0.3) is 11.0 Å². The Bertz CT molecular complexity index is 937. The fourth-order valence-corrected chi connectivity index (χ4v) is 3.25. The Labute approximate surface area is 160 Å². The van der Waals surface area contributed by atoms with E-state index in [0.29, 0.717) is 5.58 Å². The van der Waals surface area contributed by atoms with Gasteiger partial charge in [0.25, 0.3) is 0 Å². The van der Waals surface area contributed by atoms with Gasteiger partial charge >= 0.3 is 5.91 Å². The highest BCUT2D eigenvalue weighted by Gasteiger charge is 2.11. The number of nitrogens with zero attached hydrogens (tertiary/aromatic N) is 1. The van der Waals surface area contributed by atoms with Crippen LogP contribution in [0.5, 0.6) is 5.75 Å². The summed E-state index contributed by atoms with van der Waals surface area (Å²) < 4.78 is 12.6. The van der Waals surface area contributed by atoms with E-state index < -0.39 is 5.91 Å². The van der Waals surface area contributed by atoms with E-state index in [1.807, 2.05) is 30.3 Å². The first kappa shape index (κ1) is 17.0. The molecule has 0 aliphatic carbocycles. The summed E-state index contributed by atoms with van der Waals surface area (Å²) in [7, 11) is 1.62. The number of rotatable bonds is 4. The Kier molecular flexibility index (Phi) is 5.20. The molecule has 0 aliphatic heterocycles. The lowest BCUT2D eigenvalue weighted by atomic mass is 10.2. The summed E-state index contributed by atoms with van der Waals surface area (Å²) in [5, 5.41) is 4.81. The Balaban J connectivity index is 1.71. The third-order valence-corrected chi connectivity index (χ3v) is 4.59. The number of fused-ring (bicyclic) bond motifs is 1. The van der Waals surface area contributed by atoms with Gasteiger partial charge in [0, 0.05) is 9.86 Å². The number of hydrogen-bond donors (Lipinski definition) is 1. The summed E-state index contributed by atoms with van der Waals surface area (Å²) in [6, 6.07) is 12.8. The molecule has 1 heterocycles. The van der Waals surface area contributed by atoms with E-state index >= 15 is 0 Å². The summed E-state index contributed by atoms with van der Waals surface area (Å²) in [4.78, 5) is 12.1. The maximum atomic E-state index is 12.1. The van der Waals surface area contributed by atoms with Gasteiger partial charge in [-0.2, -0.15) is 5.10 Å². The SMILES string of the molecule is COc1ccc(/C=N/NC(=O)c2cc3cc(Br)ccc3o2)cc1I. The number of benzene rings is 2. The fourth-order valence-electron chi connectivity index (χ4n) is 2.11. The van der Waals surface area contributed by atoms with Crippen molar-refractivity contribution >= 4 is 61.6 Å². The summed E-state index contributed by atoms with van der Waals surface area (Å²) in [6.07, 6.45) is 1.57. The Morgan fingerprint density at radius 3 is 2.88 bits per heavy atom. The van der Waals surface area contributed by atoms with Crippen LogP contribution in [0.3, 0.4) is 0 Å². The van der Waals surface area contributed by atoms with Gasteiger partial charge in [0.05, 0.1) is 16.9 Å². The minimum atomic E-state index is -0.401. The molecule has 0 unspecified atom stereocenters. The van der Waals surface area contributed by atoms with Gasteiger partial charge in [-0.1, -0.05) is 15.9 Å². The molecular formula is C17H12BrIN2O3. The lowest BCUT2D eigenvalue weighted by molar-refractivity contribution is 0.0929. The highest BCUT2D eigenvalue weighted by atomic mass is 127. The number of amides is 1. The number of halogens is 2. The second-order valence-corrected chi connectivity index (χ2v) is 6.96. The zero-order chi connectivity index (χ0) is 17.1. The van der Waals surface area contributed by atoms with E-state index in [9.17, 15) is 4.79 Å². The zero-order valence-electron chi connectivity index (χ0n) is 12.5. The molecule has 0 fully saturated rings. The fraction of sp³-hybridized carbons (Fsp3) is 0.0588. The van der Waals surface area contributed by atoms with Gasteiger partial charge in [-0.25, -0.2) is 5.43 Å². The molecule has 122 valence electrons. The van der Waals surface area contributed by atoms with Gasteiger partial charge in [-0.15, -0.1) is 0 Å². The van der Waals surface area contributed by atoms with Crippen molar-refractivity contribution in [1.29, 1.82) is 0 Å². The van der Waals surface area contributed by atoms with E-state index in [4.69, 9.17) is 9.15 Å². The van der Waals surface area contributed by atoms with Crippen molar-refractivity contribution in [2.24, 2.45) is 5.10 Å². The number of furan rings is 1. The molecule has 0 saturated heterocycles. The minimum Gasteiger partial charge on any atom is -0.496 e. The monoisotopic (exact) mass is 498 g/mol. The Hall–Kier alpha value is -1.87. The molecular weight excluding hydrogens is 487 g/mol. The molecule has 2 aromatic carbocycles. The molecule has 3 rings (SSSR count). The van der Waals surface area contributed by atoms with E-state index in [2.05, 4.69) is 49.0 Å². The number of hydrazone groups is 1. The third-order valence-electron chi connectivity index (χ3n) is 3.26. The van der Waals surface area contributed by atoms with Crippen molar-refractivity contribution in [3.8, 4) is 5.75 Å². The molecule has 1 aromatic heterocycles. The summed E-state index contributed by atoms with van der Waals surface area (Å²) in [5.74, 6) is 0.608. The van der Waals surface area contributed by atoms with Crippen LogP contribution in [0.2, 0.25) is 0 Å². The van der Waals surface area contributed by atoms with E-state index in [0.717, 1.165) is 24.7 Å². The number of methoxy groups -OCH3 is 1. The lowest BCUT2D eigenvalue weighted by Crippen LogP contribution is -2.16. The molecule has 1 amide bonds. The average molecular weight is 499 g/mol. The molecule has 1 N–H and O–H groups in total. The van der Waals surface area contributed by atoms with Crippen molar-refractivity contribution in [3.05, 3.63) is 61.8 Å². The average Bonchev–Trinajstić information content (AvgIpc) is 2.98. The first-order chi connectivity index (χ1) is 11.6. The largest absolute Gasteiger partial charge is 0.496 e. The number of nitrogens with one attached hydrogen (secondary N) is 1. The van der Waals surface area contributed by atoms with Crippen LogP contribution >= 0.6 is 38.5 Å². The minimum absolute atomic E-state index is 0.213. The topological polar surface area (TPSA) is 63.8 Å². The van der Waals surface area contributed by atoms with Gasteiger partial charge in [0.15, 0.2) is 5.76 Å². The molecule has 0 spiro atoms. The number of ether oxygens (including phenoxy) is 1. The summed E-state index contributed by atoms with van der Waals surface area (Å²) in [5.41, 5.74) is 3.97. The molecule has 7 heteroatoms. The number of hydrogen-bond acceptors (Lipinski definition) is 4. The molecule has 24 heavy (non-hydrogen) atoms. The highest BCUT2D eigenvalue weighted by Crippen LogP contribution is 2.23.